The minimum atomic E-state index is -0.768. The first-order chi connectivity index (χ1) is 9.88. The second-order valence-electron chi connectivity index (χ2n) is 5.70. The van der Waals surface area contributed by atoms with Crippen LogP contribution in [0.2, 0.25) is 0 Å². The zero-order chi connectivity index (χ0) is 15.5. The molecule has 114 valence electrons. The van der Waals surface area contributed by atoms with Crippen molar-refractivity contribution in [3.8, 4) is 5.75 Å². The molecule has 1 aromatic heterocycles. The molecule has 0 aromatic carbocycles. The normalized spacial score (nSPS) is 27.0. The van der Waals surface area contributed by atoms with Crippen LogP contribution >= 0.6 is 15.9 Å². The van der Waals surface area contributed by atoms with E-state index in [9.17, 15) is 14.7 Å². The number of aliphatic hydroxyl groups is 1. The first kappa shape index (κ1) is 14.6. The maximum Gasteiger partial charge on any atom is 0.274 e. The van der Waals surface area contributed by atoms with Gasteiger partial charge in [0.2, 0.25) is 5.43 Å². The number of aromatic nitrogens is 1. The summed E-state index contributed by atoms with van der Waals surface area (Å²) in [5.74, 6) is -0.218. The van der Waals surface area contributed by atoms with Crippen molar-refractivity contribution in [3.63, 3.8) is 0 Å². The average molecular weight is 357 g/mol. The van der Waals surface area contributed by atoms with Gasteiger partial charge in [-0.2, -0.15) is 0 Å². The van der Waals surface area contributed by atoms with Gasteiger partial charge in [-0.1, -0.05) is 6.92 Å². The van der Waals surface area contributed by atoms with Gasteiger partial charge in [0.25, 0.3) is 5.91 Å². The van der Waals surface area contributed by atoms with Crippen LogP contribution in [0.15, 0.2) is 9.27 Å². The number of halogens is 1. The molecule has 1 N–H and O–H groups in total. The first-order valence-corrected chi connectivity index (χ1v) is 7.63. The number of carbonyl (C=O) groups is 1. The van der Waals surface area contributed by atoms with Crippen molar-refractivity contribution in [1.29, 1.82) is 0 Å². The van der Waals surface area contributed by atoms with Crippen LogP contribution in [-0.2, 0) is 5.54 Å². The number of likely N-dealkylation sites (N-methyl/N-ethyl adjacent to an activating group) is 1. The minimum Gasteiger partial charge on any atom is -0.491 e. The van der Waals surface area contributed by atoms with Crippen LogP contribution in [0.1, 0.15) is 42.1 Å². The third kappa shape index (κ3) is 1.67. The van der Waals surface area contributed by atoms with Crippen molar-refractivity contribution in [2.75, 3.05) is 20.7 Å². The van der Waals surface area contributed by atoms with E-state index in [2.05, 4.69) is 15.9 Å². The minimum absolute atomic E-state index is 0.0362. The maximum atomic E-state index is 12.5. The Balaban J connectivity index is 2.48. The van der Waals surface area contributed by atoms with Gasteiger partial charge in [-0.25, -0.2) is 0 Å². The summed E-state index contributed by atoms with van der Waals surface area (Å²) in [6.07, 6.45) is 0.468. The highest BCUT2D eigenvalue weighted by atomic mass is 79.9. The van der Waals surface area contributed by atoms with E-state index in [0.29, 0.717) is 18.7 Å². The molecular weight excluding hydrogens is 340 g/mol. The second-order valence-corrected chi connectivity index (χ2v) is 6.50. The van der Waals surface area contributed by atoms with E-state index < -0.39 is 17.1 Å². The Bertz CT molecular complexity index is 699. The van der Waals surface area contributed by atoms with Crippen LogP contribution in [0.3, 0.4) is 0 Å². The number of hydrogen-bond acceptors (Lipinski definition) is 4. The van der Waals surface area contributed by atoms with Gasteiger partial charge in [0, 0.05) is 20.0 Å². The van der Waals surface area contributed by atoms with Gasteiger partial charge in [0.05, 0.1) is 28.9 Å². The number of hydrogen-bond donors (Lipinski definition) is 1. The fourth-order valence-corrected chi connectivity index (χ4v) is 4.23. The van der Waals surface area contributed by atoms with Crippen molar-refractivity contribution >= 4 is 21.8 Å². The maximum absolute atomic E-state index is 12.5. The summed E-state index contributed by atoms with van der Waals surface area (Å²) in [6.45, 7) is 2.53. The highest BCUT2D eigenvalue weighted by Crippen LogP contribution is 2.48. The summed E-state index contributed by atoms with van der Waals surface area (Å²) in [5, 5.41) is 10.4. The van der Waals surface area contributed by atoms with E-state index in [4.69, 9.17) is 4.74 Å². The van der Waals surface area contributed by atoms with Crippen LogP contribution in [0, 0.1) is 0 Å². The molecule has 0 saturated heterocycles. The molecule has 0 spiro atoms. The van der Waals surface area contributed by atoms with Crippen LogP contribution in [0.5, 0.6) is 5.75 Å². The third-order valence-corrected chi connectivity index (χ3v) is 5.38. The molecule has 2 unspecified atom stereocenters. The summed E-state index contributed by atoms with van der Waals surface area (Å²) < 4.78 is 7.31. The topological polar surface area (TPSA) is 71.8 Å². The Kier molecular flexibility index (Phi) is 3.18. The number of rotatable bonds is 2. The molecule has 3 heterocycles. The van der Waals surface area contributed by atoms with Gasteiger partial charge in [-0.05, 0) is 22.4 Å². The van der Waals surface area contributed by atoms with E-state index in [-0.39, 0.29) is 21.8 Å². The molecule has 2 aliphatic rings. The lowest BCUT2D eigenvalue weighted by Gasteiger charge is -2.41. The molecular formula is C14H17BrN2O4. The number of aliphatic hydroxyl groups excluding tert-OH is 1. The molecule has 0 fully saturated rings. The summed E-state index contributed by atoms with van der Waals surface area (Å²) in [4.78, 5) is 26.5. The van der Waals surface area contributed by atoms with Crippen molar-refractivity contribution in [2.24, 2.45) is 0 Å². The van der Waals surface area contributed by atoms with Crippen molar-refractivity contribution in [2.45, 2.75) is 31.4 Å². The Morgan fingerprint density at radius 2 is 2.14 bits per heavy atom. The largest absolute Gasteiger partial charge is 0.491 e. The summed E-state index contributed by atoms with van der Waals surface area (Å²) in [6, 6.07) is 0. The van der Waals surface area contributed by atoms with Crippen LogP contribution in [0.4, 0.5) is 0 Å². The van der Waals surface area contributed by atoms with E-state index in [0.717, 1.165) is 6.42 Å². The van der Waals surface area contributed by atoms with Gasteiger partial charge >= 0.3 is 0 Å². The van der Waals surface area contributed by atoms with Gasteiger partial charge in [-0.3, -0.25) is 9.59 Å². The molecule has 0 aliphatic carbocycles. The molecule has 2 atom stereocenters. The number of methoxy groups -OCH3 is 1. The lowest BCUT2D eigenvalue weighted by molar-refractivity contribution is 0.0568. The highest BCUT2D eigenvalue weighted by Gasteiger charge is 2.51. The fourth-order valence-electron chi connectivity index (χ4n) is 3.61. The van der Waals surface area contributed by atoms with Crippen molar-refractivity contribution < 1.29 is 14.6 Å². The fraction of sp³-hybridized carbons (Fsp3) is 0.571. The predicted molar refractivity (Wildman–Crippen MR) is 79.8 cm³/mol. The van der Waals surface area contributed by atoms with E-state index in [1.54, 1.807) is 11.9 Å². The molecule has 1 amide bonds. The molecule has 0 radical (unpaired) electrons. The van der Waals surface area contributed by atoms with Crippen LogP contribution in [-0.4, -0.2) is 41.2 Å². The average Bonchev–Trinajstić information content (AvgIpc) is 2.74. The van der Waals surface area contributed by atoms with E-state index in [1.165, 1.54) is 7.11 Å². The zero-order valence-electron chi connectivity index (χ0n) is 12.1. The number of ether oxygens (including phenoxy) is 1. The number of pyridine rings is 1. The smallest absolute Gasteiger partial charge is 0.274 e. The van der Waals surface area contributed by atoms with Crippen molar-refractivity contribution in [3.05, 3.63) is 26.1 Å². The Morgan fingerprint density at radius 1 is 1.48 bits per heavy atom. The van der Waals surface area contributed by atoms with Gasteiger partial charge in [0.15, 0.2) is 11.4 Å². The zero-order valence-corrected chi connectivity index (χ0v) is 13.7. The quantitative estimate of drug-likeness (QED) is 0.865. The number of carbonyl (C=O) groups excluding carboxylic acids is 1. The third-order valence-electron chi connectivity index (χ3n) is 4.62. The highest BCUT2D eigenvalue weighted by molar-refractivity contribution is 9.10. The predicted octanol–water partition coefficient (Wildman–Crippen LogP) is 1.25. The van der Waals surface area contributed by atoms with Crippen LogP contribution < -0.4 is 10.2 Å². The summed E-state index contributed by atoms with van der Waals surface area (Å²) >= 11 is 3.27. The molecule has 0 bridgehead atoms. The molecule has 3 rings (SSSR count). The summed E-state index contributed by atoms with van der Waals surface area (Å²) in [5.41, 5.74) is -0.0590. The molecule has 0 saturated carbocycles. The van der Waals surface area contributed by atoms with Crippen LogP contribution in [0.25, 0.3) is 0 Å². The Morgan fingerprint density at radius 3 is 2.71 bits per heavy atom. The molecule has 2 aliphatic heterocycles. The number of nitrogens with zero attached hydrogens (tertiary/aromatic N) is 2. The molecule has 7 heteroatoms. The van der Waals surface area contributed by atoms with Crippen molar-refractivity contribution in [1.82, 2.24) is 9.47 Å². The summed E-state index contributed by atoms with van der Waals surface area (Å²) in [7, 11) is 3.09. The monoisotopic (exact) mass is 356 g/mol. The molecule has 21 heavy (non-hydrogen) atoms. The SMILES string of the molecule is CCC12CC(O)c3c(Br)c(=O)c(OC)c(n31)C(=O)N(C)C2. The molecule has 1 aromatic rings. The van der Waals surface area contributed by atoms with Gasteiger partial charge < -0.3 is 19.3 Å². The lowest BCUT2D eigenvalue weighted by atomic mass is 9.89. The molecule has 6 nitrogen and oxygen atoms in total. The number of amides is 1. The second kappa shape index (κ2) is 4.58. The van der Waals surface area contributed by atoms with E-state index in [1.807, 2.05) is 11.5 Å². The lowest BCUT2D eigenvalue weighted by Crippen LogP contribution is -2.51. The standard InChI is InChI=1S/C14H17BrN2O4/c1-4-14-5-7(18)9-8(15)11(19)12(21-3)10(17(9)14)13(20)16(2)6-14/h7,18H,4-6H2,1-3H3. The van der Waals surface area contributed by atoms with Gasteiger partial charge in [-0.15, -0.1) is 0 Å². The van der Waals surface area contributed by atoms with E-state index >= 15 is 0 Å². The van der Waals surface area contributed by atoms with Gasteiger partial charge in [0.1, 0.15) is 0 Å². The Labute approximate surface area is 130 Å². The first-order valence-electron chi connectivity index (χ1n) is 6.84. The Hall–Kier alpha value is -1.34.